The molecule has 2 aromatic rings. The van der Waals surface area contributed by atoms with E-state index in [-0.39, 0.29) is 0 Å². The van der Waals surface area contributed by atoms with Crippen molar-refractivity contribution in [2.75, 3.05) is 0 Å². The van der Waals surface area contributed by atoms with Gasteiger partial charge in [0.1, 0.15) is 0 Å². The normalized spacial score (nSPS) is 17.7. The maximum atomic E-state index is 4.52. The number of rotatable bonds is 1. The second-order valence-corrected chi connectivity index (χ2v) is 5.05. The first-order valence-electron chi connectivity index (χ1n) is 5.48. The van der Waals surface area contributed by atoms with E-state index in [9.17, 15) is 0 Å². The summed E-state index contributed by atoms with van der Waals surface area (Å²) < 4.78 is 3.34. The molecule has 3 heteroatoms. The lowest BCUT2D eigenvalue weighted by Crippen LogP contribution is -2.05. The third kappa shape index (κ3) is 1.49. The van der Waals surface area contributed by atoms with Gasteiger partial charge in [-0.15, -0.1) is 0 Å². The lowest BCUT2D eigenvalue weighted by molar-refractivity contribution is 0.482. The molecule has 2 nitrogen and oxygen atoms in total. The number of nitrogens with zero attached hydrogens (tertiary/aromatic N) is 2. The van der Waals surface area contributed by atoms with Crippen LogP contribution in [0.25, 0.3) is 10.9 Å². The lowest BCUT2D eigenvalue weighted by Gasteiger charge is -2.11. The molecule has 0 radical (unpaired) electrons. The van der Waals surface area contributed by atoms with Gasteiger partial charge in [0.25, 0.3) is 0 Å². The third-order valence-electron chi connectivity index (χ3n) is 3.26. The molecule has 0 N–H and O–H groups in total. The summed E-state index contributed by atoms with van der Waals surface area (Å²) in [7, 11) is 0. The van der Waals surface area contributed by atoms with Gasteiger partial charge in [-0.1, -0.05) is 34.8 Å². The van der Waals surface area contributed by atoms with Crippen LogP contribution >= 0.6 is 15.9 Å². The third-order valence-corrected chi connectivity index (χ3v) is 3.95. The molecule has 0 aliphatic heterocycles. The Morgan fingerprint density at radius 3 is 2.87 bits per heavy atom. The van der Waals surface area contributed by atoms with Gasteiger partial charge in [0.15, 0.2) is 0 Å². The second-order valence-electron chi connectivity index (χ2n) is 4.20. The van der Waals surface area contributed by atoms with Gasteiger partial charge >= 0.3 is 0 Å². The summed E-state index contributed by atoms with van der Waals surface area (Å²) in [5, 5.41) is 5.75. The molecule has 1 heterocycles. The van der Waals surface area contributed by atoms with Crippen LogP contribution in [0.5, 0.6) is 0 Å². The first-order valence-corrected chi connectivity index (χ1v) is 6.27. The van der Waals surface area contributed by atoms with E-state index in [0.717, 1.165) is 4.47 Å². The van der Waals surface area contributed by atoms with E-state index in [1.54, 1.807) is 0 Å². The molecule has 1 fully saturated rings. The topological polar surface area (TPSA) is 17.8 Å². The van der Waals surface area contributed by atoms with E-state index in [1.165, 1.54) is 36.6 Å². The van der Waals surface area contributed by atoms with E-state index in [1.807, 2.05) is 6.20 Å². The smallest absolute Gasteiger partial charge is 0.0697 e. The molecule has 1 aliphatic rings. The number of hydrogen-bond donors (Lipinski definition) is 0. The number of hydrogen-bond acceptors (Lipinski definition) is 1. The summed E-state index contributed by atoms with van der Waals surface area (Å²) in [4.78, 5) is 0. The Morgan fingerprint density at radius 1 is 1.27 bits per heavy atom. The van der Waals surface area contributed by atoms with Crippen LogP contribution in [-0.4, -0.2) is 9.78 Å². The minimum atomic E-state index is 0.622. The van der Waals surface area contributed by atoms with Gasteiger partial charge in [-0.3, -0.25) is 4.68 Å². The molecule has 1 aliphatic carbocycles. The Hall–Kier alpha value is -0.830. The molecule has 0 amide bonds. The fourth-order valence-electron chi connectivity index (χ4n) is 2.48. The van der Waals surface area contributed by atoms with E-state index in [0.29, 0.717) is 6.04 Å². The minimum absolute atomic E-state index is 0.622. The SMILES string of the molecule is Brc1cccc2c1cnn2C1CCCC1. The highest BCUT2D eigenvalue weighted by atomic mass is 79.9. The maximum Gasteiger partial charge on any atom is 0.0697 e. The molecule has 0 unspecified atom stereocenters. The standard InChI is InChI=1S/C12H13BrN2/c13-11-6-3-7-12-10(11)8-14-15(12)9-4-1-2-5-9/h3,6-9H,1-2,4-5H2. The van der Waals surface area contributed by atoms with Crippen molar-refractivity contribution >= 4 is 26.8 Å². The molecule has 0 spiro atoms. The van der Waals surface area contributed by atoms with Crippen molar-refractivity contribution in [2.45, 2.75) is 31.7 Å². The minimum Gasteiger partial charge on any atom is -0.262 e. The van der Waals surface area contributed by atoms with E-state index < -0.39 is 0 Å². The highest BCUT2D eigenvalue weighted by Crippen LogP contribution is 2.33. The van der Waals surface area contributed by atoms with Crippen LogP contribution in [0.1, 0.15) is 31.7 Å². The van der Waals surface area contributed by atoms with Crippen molar-refractivity contribution in [3.05, 3.63) is 28.9 Å². The van der Waals surface area contributed by atoms with Gasteiger partial charge in [-0.25, -0.2) is 0 Å². The van der Waals surface area contributed by atoms with Crippen LogP contribution in [0.2, 0.25) is 0 Å². The van der Waals surface area contributed by atoms with Gasteiger partial charge in [0.2, 0.25) is 0 Å². The van der Waals surface area contributed by atoms with Crippen molar-refractivity contribution < 1.29 is 0 Å². The van der Waals surface area contributed by atoms with Gasteiger partial charge in [-0.2, -0.15) is 5.10 Å². The fourth-order valence-corrected chi connectivity index (χ4v) is 2.93. The molecule has 1 aromatic carbocycles. The van der Waals surface area contributed by atoms with Gasteiger partial charge in [0, 0.05) is 9.86 Å². The molecule has 15 heavy (non-hydrogen) atoms. The molecule has 78 valence electrons. The molecule has 0 atom stereocenters. The summed E-state index contributed by atoms with van der Waals surface area (Å²) in [6.07, 6.45) is 7.23. The summed E-state index contributed by atoms with van der Waals surface area (Å²) in [5.74, 6) is 0. The number of fused-ring (bicyclic) bond motifs is 1. The van der Waals surface area contributed by atoms with Crippen molar-refractivity contribution in [2.24, 2.45) is 0 Å². The van der Waals surface area contributed by atoms with Crippen LogP contribution < -0.4 is 0 Å². The predicted octanol–water partition coefficient (Wildman–Crippen LogP) is 3.91. The molecule has 1 saturated carbocycles. The molecular formula is C12H13BrN2. The highest BCUT2D eigenvalue weighted by molar-refractivity contribution is 9.10. The van der Waals surface area contributed by atoms with E-state index in [2.05, 4.69) is 43.9 Å². The van der Waals surface area contributed by atoms with Gasteiger partial charge in [0.05, 0.1) is 17.8 Å². The van der Waals surface area contributed by atoms with Crippen molar-refractivity contribution in [1.82, 2.24) is 9.78 Å². The van der Waals surface area contributed by atoms with Gasteiger partial charge < -0.3 is 0 Å². The molecule has 1 aromatic heterocycles. The number of benzene rings is 1. The fraction of sp³-hybridized carbons (Fsp3) is 0.417. The lowest BCUT2D eigenvalue weighted by atomic mass is 10.2. The van der Waals surface area contributed by atoms with Crippen LogP contribution in [-0.2, 0) is 0 Å². The van der Waals surface area contributed by atoms with E-state index in [4.69, 9.17) is 0 Å². The number of halogens is 1. The summed E-state index contributed by atoms with van der Waals surface area (Å²) in [6, 6.07) is 6.94. The van der Waals surface area contributed by atoms with Crippen LogP contribution in [0.3, 0.4) is 0 Å². The second kappa shape index (κ2) is 3.63. The Morgan fingerprint density at radius 2 is 2.07 bits per heavy atom. The van der Waals surface area contributed by atoms with Crippen LogP contribution in [0, 0.1) is 0 Å². The largest absolute Gasteiger partial charge is 0.262 e. The summed E-state index contributed by atoms with van der Waals surface area (Å²) in [6.45, 7) is 0. The van der Waals surface area contributed by atoms with Gasteiger partial charge in [-0.05, 0) is 25.0 Å². The highest BCUT2D eigenvalue weighted by Gasteiger charge is 2.19. The Balaban J connectivity index is 2.15. The van der Waals surface area contributed by atoms with Crippen molar-refractivity contribution in [3.8, 4) is 0 Å². The average molecular weight is 265 g/mol. The molecular weight excluding hydrogens is 252 g/mol. The monoisotopic (exact) mass is 264 g/mol. The van der Waals surface area contributed by atoms with Crippen molar-refractivity contribution in [3.63, 3.8) is 0 Å². The summed E-state index contributed by atoms with van der Waals surface area (Å²) in [5.41, 5.74) is 1.26. The van der Waals surface area contributed by atoms with Crippen molar-refractivity contribution in [1.29, 1.82) is 0 Å². The predicted molar refractivity (Wildman–Crippen MR) is 64.9 cm³/mol. The van der Waals surface area contributed by atoms with E-state index >= 15 is 0 Å². The first-order chi connectivity index (χ1) is 7.36. The zero-order valence-corrected chi connectivity index (χ0v) is 10.1. The summed E-state index contributed by atoms with van der Waals surface area (Å²) >= 11 is 3.57. The quantitative estimate of drug-likeness (QED) is 0.764. The number of aromatic nitrogens is 2. The first kappa shape index (κ1) is 9.40. The van der Waals surface area contributed by atoms with Crippen LogP contribution in [0.15, 0.2) is 28.9 Å². The maximum absolute atomic E-state index is 4.52. The zero-order chi connectivity index (χ0) is 10.3. The Kier molecular flexibility index (Phi) is 2.28. The molecule has 3 rings (SSSR count). The zero-order valence-electron chi connectivity index (χ0n) is 8.49. The Bertz CT molecular complexity index is 483. The Labute approximate surface area is 97.4 Å². The molecule has 0 bridgehead atoms. The average Bonchev–Trinajstić information content (AvgIpc) is 2.85. The molecule has 0 saturated heterocycles. The van der Waals surface area contributed by atoms with Crippen LogP contribution in [0.4, 0.5) is 0 Å².